The van der Waals surface area contributed by atoms with Crippen LogP contribution in [0, 0.1) is 6.92 Å². The number of aliphatic imine (C=N–C) groups is 1. The summed E-state index contributed by atoms with van der Waals surface area (Å²) in [7, 11) is -8.04. The number of carboxylic acids is 1. The van der Waals surface area contributed by atoms with Crippen LogP contribution >= 0.6 is 11.6 Å². The minimum atomic E-state index is -4.13. The topological polar surface area (TPSA) is 168 Å². The van der Waals surface area contributed by atoms with Crippen molar-refractivity contribution in [3.8, 4) is 11.1 Å². The number of hydrogen-bond donors (Lipinski definition) is 4. The molecule has 0 amide bonds. The summed E-state index contributed by atoms with van der Waals surface area (Å²) in [5.41, 5.74) is 8.17. The first kappa shape index (κ1) is 29.1. The average molecular weight is 579 g/mol. The van der Waals surface area contributed by atoms with E-state index in [-0.39, 0.29) is 35.1 Å². The van der Waals surface area contributed by atoms with Crippen molar-refractivity contribution in [1.82, 2.24) is 9.44 Å². The van der Waals surface area contributed by atoms with Gasteiger partial charge in [-0.2, -0.15) is 4.72 Å². The molecule has 1 atom stereocenters. The molecule has 202 valence electrons. The number of rotatable bonds is 11. The highest BCUT2D eigenvalue weighted by atomic mass is 35.5. The van der Waals surface area contributed by atoms with Gasteiger partial charge in [0.15, 0.2) is 0 Å². The minimum Gasteiger partial charge on any atom is -0.480 e. The molecule has 3 aromatic carbocycles. The Labute approximate surface area is 226 Å². The van der Waals surface area contributed by atoms with E-state index in [9.17, 15) is 26.7 Å². The molecule has 0 saturated heterocycles. The van der Waals surface area contributed by atoms with E-state index in [1.165, 1.54) is 24.3 Å². The fourth-order valence-electron chi connectivity index (χ4n) is 3.40. The number of nitrogens with two attached hydrogens (primary N) is 1. The summed E-state index contributed by atoms with van der Waals surface area (Å²) in [5, 5.41) is 10.1. The van der Waals surface area contributed by atoms with Crippen molar-refractivity contribution in [1.29, 1.82) is 0 Å². The predicted octanol–water partition coefficient (Wildman–Crippen LogP) is 3.12. The van der Waals surface area contributed by atoms with Gasteiger partial charge in [-0.15, -0.1) is 0 Å². The van der Waals surface area contributed by atoms with E-state index >= 15 is 0 Å². The van der Waals surface area contributed by atoms with Gasteiger partial charge >= 0.3 is 5.97 Å². The summed E-state index contributed by atoms with van der Waals surface area (Å²) < 4.78 is 54.6. The van der Waals surface area contributed by atoms with Crippen LogP contribution in [0.15, 0.2) is 87.6 Å². The molecule has 10 nitrogen and oxygen atoms in total. The van der Waals surface area contributed by atoms with Crippen LogP contribution in [0.1, 0.15) is 18.4 Å². The first-order valence-corrected chi connectivity index (χ1v) is 14.7. The average Bonchev–Trinajstić information content (AvgIpc) is 2.86. The third-order valence-electron chi connectivity index (χ3n) is 5.44. The number of halogens is 1. The number of aliphatic carboxylic acids is 1. The van der Waals surface area contributed by atoms with Gasteiger partial charge in [-0.1, -0.05) is 53.6 Å². The third kappa shape index (κ3) is 8.02. The Morgan fingerprint density at radius 3 is 1.95 bits per heavy atom. The normalized spacial score (nSPS) is 13.2. The Kier molecular flexibility index (Phi) is 9.50. The van der Waals surface area contributed by atoms with Crippen LogP contribution in [0.25, 0.3) is 11.1 Å². The second-order valence-electron chi connectivity index (χ2n) is 8.37. The van der Waals surface area contributed by atoms with Crippen LogP contribution < -0.4 is 15.2 Å². The maximum Gasteiger partial charge on any atom is 0.321 e. The zero-order chi connectivity index (χ0) is 27.9. The van der Waals surface area contributed by atoms with Crippen molar-refractivity contribution >= 4 is 43.6 Å². The highest BCUT2D eigenvalue weighted by Gasteiger charge is 2.25. The van der Waals surface area contributed by atoms with Gasteiger partial charge in [0.1, 0.15) is 6.04 Å². The molecule has 5 N–H and O–H groups in total. The molecule has 0 aliphatic carbocycles. The van der Waals surface area contributed by atoms with E-state index < -0.39 is 32.1 Å². The van der Waals surface area contributed by atoms with E-state index in [2.05, 4.69) is 14.4 Å². The molecule has 3 rings (SSSR count). The summed E-state index contributed by atoms with van der Waals surface area (Å²) >= 11 is 5.90. The van der Waals surface area contributed by atoms with Crippen molar-refractivity contribution in [2.45, 2.75) is 35.6 Å². The molecule has 13 heteroatoms. The van der Waals surface area contributed by atoms with Crippen molar-refractivity contribution in [2.24, 2.45) is 10.7 Å². The van der Waals surface area contributed by atoms with Crippen LogP contribution in [0.4, 0.5) is 0 Å². The van der Waals surface area contributed by atoms with Gasteiger partial charge in [-0.05, 0) is 67.3 Å². The first-order valence-electron chi connectivity index (χ1n) is 11.4. The van der Waals surface area contributed by atoms with Crippen LogP contribution in [0.3, 0.4) is 0 Å². The molecular weight excluding hydrogens is 552 g/mol. The fourth-order valence-corrected chi connectivity index (χ4v) is 5.70. The number of nitrogens with one attached hydrogen (secondary N) is 2. The lowest BCUT2D eigenvalue weighted by Gasteiger charge is -2.15. The Hall–Kier alpha value is -3.45. The maximum atomic E-state index is 12.8. The smallest absolute Gasteiger partial charge is 0.321 e. The van der Waals surface area contributed by atoms with Gasteiger partial charge in [0.2, 0.25) is 16.0 Å². The number of carbonyl (C=O) groups is 1. The van der Waals surface area contributed by atoms with Crippen LogP contribution in [-0.4, -0.2) is 46.5 Å². The number of hydrogen-bond acceptors (Lipinski definition) is 6. The van der Waals surface area contributed by atoms with E-state index in [1.807, 2.05) is 6.92 Å². The Morgan fingerprint density at radius 1 is 0.895 bits per heavy atom. The van der Waals surface area contributed by atoms with Gasteiger partial charge in [0.25, 0.3) is 10.0 Å². The lowest BCUT2D eigenvalue weighted by Crippen LogP contribution is -2.41. The Morgan fingerprint density at radius 2 is 1.39 bits per heavy atom. The highest BCUT2D eigenvalue weighted by molar-refractivity contribution is 7.90. The fraction of sp³-hybridized carbons (Fsp3) is 0.200. The summed E-state index contributed by atoms with van der Waals surface area (Å²) in [5.74, 6) is -1.72. The number of aryl methyl sites for hydroxylation is 1. The van der Waals surface area contributed by atoms with Gasteiger partial charge < -0.3 is 10.8 Å². The molecule has 0 fully saturated rings. The molecule has 3 aromatic rings. The van der Waals surface area contributed by atoms with E-state index in [4.69, 9.17) is 17.3 Å². The van der Waals surface area contributed by atoms with Crippen LogP contribution in [-0.2, 0) is 24.8 Å². The summed E-state index contributed by atoms with van der Waals surface area (Å²) in [6.07, 6.45) is 0.0286. The molecule has 0 heterocycles. The first-order chi connectivity index (χ1) is 17.9. The SMILES string of the molecule is Cc1ccc(S(=O)(=O)NC(N)=NCCC[C@@H](NS(=O)(=O)c2ccc(-c3ccc(Cl)cc3)cc2)C(=O)O)cc1. The minimum absolute atomic E-state index is 0.0165. The molecule has 38 heavy (non-hydrogen) atoms. The number of nitrogens with zero attached hydrogens (tertiary/aromatic N) is 1. The zero-order valence-electron chi connectivity index (χ0n) is 20.3. The lowest BCUT2D eigenvalue weighted by atomic mass is 10.1. The monoisotopic (exact) mass is 578 g/mol. The second kappa shape index (κ2) is 12.4. The largest absolute Gasteiger partial charge is 0.480 e. The van der Waals surface area contributed by atoms with E-state index in [0.29, 0.717) is 5.02 Å². The van der Waals surface area contributed by atoms with Gasteiger partial charge in [0.05, 0.1) is 9.79 Å². The van der Waals surface area contributed by atoms with Gasteiger partial charge in [-0.3, -0.25) is 9.79 Å². The van der Waals surface area contributed by atoms with Crippen molar-refractivity contribution in [2.75, 3.05) is 6.54 Å². The Bertz CT molecular complexity index is 1510. The molecule has 0 spiro atoms. The van der Waals surface area contributed by atoms with Gasteiger partial charge in [0, 0.05) is 11.6 Å². The number of sulfonamides is 2. The standard InChI is InChI=1S/C25H27ClN4O6S2/c1-17-4-12-21(13-5-17)38(35,36)30-25(27)28-16-2-3-23(24(31)32)29-37(33,34)22-14-8-19(9-15-22)18-6-10-20(26)11-7-18/h4-15,23,29H,2-3,16H2,1H3,(H,31,32)(H3,27,28,30)/t23-/m1/s1. The third-order valence-corrected chi connectivity index (χ3v) is 8.55. The molecule has 0 aromatic heterocycles. The zero-order valence-corrected chi connectivity index (χ0v) is 22.7. The highest BCUT2D eigenvalue weighted by Crippen LogP contribution is 2.23. The second-order valence-corrected chi connectivity index (χ2v) is 12.2. The lowest BCUT2D eigenvalue weighted by molar-refractivity contribution is -0.139. The summed E-state index contributed by atoms with van der Waals surface area (Å²) in [4.78, 5) is 15.5. The van der Waals surface area contributed by atoms with Crippen molar-refractivity contribution in [3.05, 3.63) is 83.4 Å². The summed E-state index contributed by atoms with van der Waals surface area (Å²) in [6, 6.07) is 17.8. The van der Waals surface area contributed by atoms with Gasteiger partial charge in [-0.25, -0.2) is 21.6 Å². The molecule has 0 bridgehead atoms. The molecule has 0 aliphatic heterocycles. The maximum absolute atomic E-state index is 12.8. The van der Waals surface area contributed by atoms with Crippen molar-refractivity contribution < 1.29 is 26.7 Å². The molecule has 0 radical (unpaired) electrons. The number of carboxylic acid groups (broad SMARTS) is 1. The summed E-state index contributed by atoms with van der Waals surface area (Å²) in [6.45, 7) is 1.80. The van der Waals surface area contributed by atoms with Crippen LogP contribution in [0.5, 0.6) is 0 Å². The van der Waals surface area contributed by atoms with Crippen molar-refractivity contribution in [3.63, 3.8) is 0 Å². The molecule has 0 aliphatic rings. The quantitative estimate of drug-likeness (QED) is 0.154. The molecular formula is C25H27ClN4O6S2. The Balaban J connectivity index is 1.58. The molecule has 0 unspecified atom stereocenters. The number of guanidine groups is 1. The molecule has 0 saturated carbocycles. The number of benzene rings is 3. The van der Waals surface area contributed by atoms with Crippen LogP contribution in [0.2, 0.25) is 5.02 Å². The van der Waals surface area contributed by atoms with E-state index in [0.717, 1.165) is 16.7 Å². The van der Waals surface area contributed by atoms with E-state index in [1.54, 1.807) is 48.5 Å². The predicted molar refractivity (Wildman–Crippen MR) is 146 cm³/mol.